The molecule has 0 radical (unpaired) electrons. The van der Waals surface area contributed by atoms with Crippen LogP contribution < -0.4 is 10.6 Å². The van der Waals surface area contributed by atoms with E-state index in [-0.39, 0.29) is 18.0 Å². The molecule has 2 fully saturated rings. The molecule has 6 rings (SSSR count). The summed E-state index contributed by atoms with van der Waals surface area (Å²) in [6.07, 6.45) is 8.55. The average Bonchev–Trinajstić information content (AvgIpc) is 3.50. The average molecular weight is 494 g/mol. The maximum atomic E-state index is 12.8. The second-order valence-corrected chi connectivity index (χ2v) is 11.2. The van der Waals surface area contributed by atoms with Gasteiger partial charge >= 0.3 is 6.03 Å². The number of nitrogens with zero attached hydrogens (tertiary/aromatic N) is 1. The van der Waals surface area contributed by atoms with Gasteiger partial charge in [-0.3, -0.25) is 4.90 Å². The Morgan fingerprint density at radius 3 is 1.84 bits per heavy atom. The van der Waals surface area contributed by atoms with Gasteiger partial charge in [-0.25, -0.2) is 4.79 Å². The minimum atomic E-state index is -0.0354. The van der Waals surface area contributed by atoms with Gasteiger partial charge in [0.1, 0.15) is 0 Å². The zero-order valence-electron chi connectivity index (χ0n) is 21.7. The zero-order valence-corrected chi connectivity index (χ0v) is 21.7. The van der Waals surface area contributed by atoms with Crippen LogP contribution in [0.15, 0.2) is 84.9 Å². The first kappa shape index (κ1) is 24.2. The summed E-state index contributed by atoms with van der Waals surface area (Å²) in [5.74, 6) is 0.931. The number of hydrogen-bond acceptors (Lipinski definition) is 2. The molecule has 37 heavy (non-hydrogen) atoms. The predicted molar refractivity (Wildman–Crippen MR) is 149 cm³/mol. The van der Waals surface area contributed by atoms with Crippen LogP contribution in [0.3, 0.4) is 0 Å². The zero-order chi connectivity index (χ0) is 25.0. The lowest BCUT2D eigenvalue weighted by molar-refractivity contribution is 0.185. The smallest absolute Gasteiger partial charge is 0.315 e. The Bertz CT molecular complexity index is 1100. The minimum Gasteiger partial charge on any atom is -0.337 e. The third-order valence-corrected chi connectivity index (χ3v) is 9.08. The second-order valence-electron chi connectivity index (χ2n) is 11.2. The molecular formula is C33H39N3O. The van der Waals surface area contributed by atoms with Gasteiger partial charge in [-0.1, -0.05) is 84.9 Å². The van der Waals surface area contributed by atoms with E-state index < -0.39 is 0 Å². The van der Waals surface area contributed by atoms with Crippen molar-refractivity contribution >= 4 is 6.03 Å². The fourth-order valence-electron chi connectivity index (χ4n) is 7.12. The maximum absolute atomic E-state index is 12.8. The fourth-order valence-corrected chi connectivity index (χ4v) is 7.12. The largest absolute Gasteiger partial charge is 0.337 e. The number of carbonyl (C=O) groups is 1. The summed E-state index contributed by atoms with van der Waals surface area (Å²) in [7, 11) is 0. The first-order valence-corrected chi connectivity index (χ1v) is 14.2. The van der Waals surface area contributed by atoms with Crippen LogP contribution in [0.2, 0.25) is 0 Å². The van der Waals surface area contributed by atoms with E-state index in [1.54, 1.807) is 11.1 Å². The molecule has 2 unspecified atom stereocenters. The lowest BCUT2D eigenvalue weighted by atomic mass is 9.84. The molecule has 2 atom stereocenters. The number of urea groups is 1. The Hall–Kier alpha value is -3.11. The number of nitrogens with one attached hydrogen (secondary N) is 2. The van der Waals surface area contributed by atoms with Crippen LogP contribution in [0, 0.1) is 5.92 Å². The summed E-state index contributed by atoms with van der Waals surface area (Å²) < 4.78 is 0. The van der Waals surface area contributed by atoms with E-state index in [0.29, 0.717) is 18.6 Å². The Morgan fingerprint density at radius 1 is 0.730 bits per heavy atom. The Kier molecular flexibility index (Phi) is 7.27. The van der Waals surface area contributed by atoms with Crippen LogP contribution in [0.1, 0.15) is 85.2 Å². The minimum absolute atomic E-state index is 0.0354. The monoisotopic (exact) mass is 493 g/mol. The molecule has 0 aromatic heterocycles. The highest BCUT2D eigenvalue weighted by Crippen LogP contribution is 2.53. The predicted octanol–water partition coefficient (Wildman–Crippen LogP) is 6.96. The van der Waals surface area contributed by atoms with E-state index in [1.165, 1.54) is 49.8 Å². The summed E-state index contributed by atoms with van der Waals surface area (Å²) in [5.41, 5.74) is 5.62. The lowest BCUT2D eigenvalue weighted by Gasteiger charge is -2.31. The molecule has 2 bridgehead atoms. The van der Waals surface area contributed by atoms with Crippen molar-refractivity contribution in [3.8, 4) is 0 Å². The number of fused-ring (bicyclic) bond motifs is 5. The van der Waals surface area contributed by atoms with Crippen molar-refractivity contribution in [1.29, 1.82) is 0 Å². The summed E-state index contributed by atoms with van der Waals surface area (Å²) in [5, 5.41) is 6.44. The molecule has 0 spiro atoms. The van der Waals surface area contributed by atoms with Crippen molar-refractivity contribution in [2.75, 3.05) is 13.1 Å². The number of rotatable bonds is 8. The Labute approximate surface area is 221 Å². The molecule has 4 nitrogen and oxygen atoms in total. The van der Waals surface area contributed by atoms with Gasteiger partial charge in [-0.15, -0.1) is 0 Å². The van der Waals surface area contributed by atoms with Gasteiger partial charge in [0.15, 0.2) is 0 Å². The first-order chi connectivity index (χ1) is 18.3. The molecular weight excluding hydrogens is 454 g/mol. The molecule has 3 aliphatic rings. The summed E-state index contributed by atoms with van der Waals surface area (Å²) in [6, 6.07) is 31.6. The number of benzene rings is 3. The van der Waals surface area contributed by atoms with Crippen LogP contribution in [-0.4, -0.2) is 30.1 Å². The van der Waals surface area contributed by atoms with Gasteiger partial charge in [0, 0.05) is 30.6 Å². The number of hydrogen-bond donors (Lipinski definition) is 2. The van der Waals surface area contributed by atoms with Crippen molar-refractivity contribution in [3.63, 3.8) is 0 Å². The van der Waals surface area contributed by atoms with Crippen molar-refractivity contribution in [1.82, 2.24) is 15.5 Å². The standard InChI is InChI=1S/C33H39N3O/c37-33(34-23-30(25-9-3-1-4-10-25)26-11-5-2-6-12-26)35-27-17-15-24(16-18-27)21-22-36-31-19-20-32(36)29-14-8-7-13-28(29)31/h1-14,24,27,30-32H,15-23H2,(H2,34,35,37). The van der Waals surface area contributed by atoms with Gasteiger partial charge in [-0.05, 0) is 79.7 Å². The van der Waals surface area contributed by atoms with Gasteiger partial charge in [0.05, 0.1) is 0 Å². The normalized spacial score (nSPS) is 24.7. The SMILES string of the molecule is O=C(NCC(c1ccccc1)c1ccccc1)NC1CCC(CCN2C3CCC2c2ccccc23)CC1. The second kappa shape index (κ2) is 11.1. The van der Waals surface area contributed by atoms with E-state index in [1.807, 2.05) is 12.1 Å². The van der Waals surface area contributed by atoms with Crippen LogP contribution in [-0.2, 0) is 0 Å². The van der Waals surface area contributed by atoms with E-state index >= 15 is 0 Å². The molecule has 3 aromatic carbocycles. The van der Waals surface area contributed by atoms with Crippen molar-refractivity contribution in [2.24, 2.45) is 5.92 Å². The summed E-state index contributed by atoms with van der Waals surface area (Å²) in [4.78, 5) is 15.6. The van der Waals surface area contributed by atoms with Crippen LogP contribution >= 0.6 is 0 Å². The van der Waals surface area contributed by atoms with E-state index in [2.05, 4.69) is 88.3 Å². The molecule has 2 aliphatic heterocycles. The quantitative estimate of drug-likeness (QED) is 0.356. The van der Waals surface area contributed by atoms with Crippen molar-refractivity contribution < 1.29 is 4.79 Å². The summed E-state index contributed by atoms with van der Waals surface area (Å²) >= 11 is 0. The molecule has 2 N–H and O–H groups in total. The molecule has 4 heteroatoms. The van der Waals surface area contributed by atoms with Gasteiger partial charge in [-0.2, -0.15) is 0 Å². The molecule has 2 heterocycles. The van der Waals surface area contributed by atoms with Crippen LogP contribution in [0.5, 0.6) is 0 Å². The topological polar surface area (TPSA) is 44.4 Å². The maximum Gasteiger partial charge on any atom is 0.315 e. The van der Waals surface area contributed by atoms with E-state index in [4.69, 9.17) is 0 Å². The van der Waals surface area contributed by atoms with Crippen molar-refractivity contribution in [3.05, 3.63) is 107 Å². The molecule has 1 aliphatic carbocycles. The molecule has 3 aromatic rings. The first-order valence-electron chi connectivity index (χ1n) is 14.2. The molecule has 192 valence electrons. The van der Waals surface area contributed by atoms with E-state index in [0.717, 1.165) is 18.8 Å². The molecule has 1 saturated carbocycles. The van der Waals surface area contributed by atoms with Crippen LogP contribution in [0.4, 0.5) is 4.79 Å². The number of carbonyl (C=O) groups excluding carboxylic acids is 1. The number of amides is 2. The van der Waals surface area contributed by atoms with Gasteiger partial charge < -0.3 is 10.6 Å². The highest BCUT2D eigenvalue weighted by atomic mass is 16.2. The van der Waals surface area contributed by atoms with Crippen molar-refractivity contribution in [2.45, 2.75) is 69.0 Å². The third kappa shape index (κ3) is 5.31. The van der Waals surface area contributed by atoms with Gasteiger partial charge in [0.25, 0.3) is 0 Å². The summed E-state index contributed by atoms with van der Waals surface area (Å²) in [6.45, 7) is 1.81. The Morgan fingerprint density at radius 2 is 1.27 bits per heavy atom. The van der Waals surface area contributed by atoms with Gasteiger partial charge in [0.2, 0.25) is 0 Å². The fraction of sp³-hybridized carbons (Fsp3) is 0.424. The third-order valence-electron chi connectivity index (χ3n) is 9.08. The molecule has 2 amide bonds. The highest BCUT2D eigenvalue weighted by Gasteiger charge is 2.43. The van der Waals surface area contributed by atoms with Crippen LogP contribution in [0.25, 0.3) is 0 Å². The lowest BCUT2D eigenvalue weighted by Crippen LogP contribution is -2.44. The highest BCUT2D eigenvalue weighted by molar-refractivity contribution is 5.74. The molecule has 1 saturated heterocycles. The Balaban J connectivity index is 0.955. The van der Waals surface area contributed by atoms with E-state index in [9.17, 15) is 4.79 Å².